The fourth-order valence-electron chi connectivity index (χ4n) is 1.19. The van der Waals surface area contributed by atoms with Crippen molar-refractivity contribution < 1.29 is 9.53 Å². The van der Waals surface area contributed by atoms with Gasteiger partial charge in [-0.1, -0.05) is 12.2 Å². The summed E-state index contributed by atoms with van der Waals surface area (Å²) in [5.74, 6) is -0.321. The molecule has 4 nitrogen and oxygen atoms in total. The summed E-state index contributed by atoms with van der Waals surface area (Å²) >= 11 is 0. The standard InChI is InChI=1S/C12H12N2O2/c1-16-12(15)4-2-3-9-7-11(14)6-5-10(9)8-13/h2-3,5-7H,4,14H2,1H3. The van der Waals surface area contributed by atoms with E-state index in [0.717, 1.165) is 0 Å². The fraction of sp³-hybridized carbons (Fsp3) is 0.167. The van der Waals surface area contributed by atoms with E-state index in [9.17, 15) is 4.79 Å². The summed E-state index contributed by atoms with van der Waals surface area (Å²) in [6.07, 6.45) is 3.50. The van der Waals surface area contributed by atoms with Crippen LogP contribution in [0.1, 0.15) is 17.5 Å². The van der Waals surface area contributed by atoms with Gasteiger partial charge in [0.05, 0.1) is 25.2 Å². The molecule has 0 saturated carbocycles. The van der Waals surface area contributed by atoms with Gasteiger partial charge in [0, 0.05) is 5.69 Å². The molecule has 82 valence electrons. The summed E-state index contributed by atoms with van der Waals surface area (Å²) in [5, 5.41) is 8.85. The molecular weight excluding hydrogens is 204 g/mol. The number of anilines is 1. The van der Waals surface area contributed by atoms with E-state index in [0.29, 0.717) is 16.8 Å². The summed E-state index contributed by atoms with van der Waals surface area (Å²) in [4.78, 5) is 10.9. The molecule has 0 aliphatic rings. The molecule has 0 saturated heterocycles. The number of nitrogen functional groups attached to an aromatic ring is 1. The molecule has 0 heterocycles. The Morgan fingerprint density at radius 1 is 1.62 bits per heavy atom. The van der Waals surface area contributed by atoms with E-state index in [1.807, 2.05) is 0 Å². The molecule has 4 heteroatoms. The number of hydrogen-bond donors (Lipinski definition) is 1. The van der Waals surface area contributed by atoms with Crippen molar-refractivity contribution in [3.8, 4) is 6.07 Å². The molecule has 0 atom stereocenters. The normalized spacial score (nSPS) is 10.0. The van der Waals surface area contributed by atoms with E-state index in [2.05, 4.69) is 10.8 Å². The van der Waals surface area contributed by atoms with Crippen molar-refractivity contribution in [2.75, 3.05) is 12.8 Å². The number of ether oxygens (including phenoxy) is 1. The molecule has 1 aromatic rings. The number of nitriles is 1. The predicted molar refractivity (Wildman–Crippen MR) is 61.2 cm³/mol. The Hall–Kier alpha value is -2.28. The average Bonchev–Trinajstić information content (AvgIpc) is 2.29. The fourth-order valence-corrected chi connectivity index (χ4v) is 1.19. The topological polar surface area (TPSA) is 76.1 Å². The Bertz CT molecular complexity index is 459. The van der Waals surface area contributed by atoms with E-state index < -0.39 is 0 Å². The van der Waals surface area contributed by atoms with Crippen molar-refractivity contribution in [2.45, 2.75) is 6.42 Å². The third-order valence-corrected chi connectivity index (χ3v) is 2.01. The summed E-state index contributed by atoms with van der Waals surface area (Å²) in [7, 11) is 1.33. The van der Waals surface area contributed by atoms with Crippen LogP contribution in [0.4, 0.5) is 5.69 Å². The average molecular weight is 216 g/mol. The van der Waals surface area contributed by atoms with E-state index in [1.54, 1.807) is 30.4 Å². The van der Waals surface area contributed by atoms with Gasteiger partial charge >= 0.3 is 5.97 Å². The van der Waals surface area contributed by atoms with Crippen LogP contribution in [0.5, 0.6) is 0 Å². The Morgan fingerprint density at radius 2 is 2.38 bits per heavy atom. The van der Waals surface area contributed by atoms with Crippen LogP contribution >= 0.6 is 0 Å². The lowest BCUT2D eigenvalue weighted by Gasteiger charge is -1.99. The molecule has 0 aliphatic carbocycles. The van der Waals surface area contributed by atoms with Gasteiger partial charge in [-0.25, -0.2) is 0 Å². The SMILES string of the molecule is COC(=O)CC=Cc1cc(N)ccc1C#N. The van der Waals surface area contributed by atoms with Crippen LogP contribution in [0.15, 0.2) is 24.3 Å². The van der Waals surface area contributed by atoms with Gasteiger partial charge in [0.25, 0.3) is 0 Å². The van der Waals surface area contributed by atoms with Crippen LogP contribution in [-0.2, 0) is 9.53 Å². The molecule has 1 aromatic carbocycles. The monoisotopic (exact) mass is 216 g/mol. The van der Waals surface area contributed by atoms with Gasteiger partial charge in [-0.3, -0.25) is 4.79 Å². The highest BCUT2D eigenvalue weighted by molar-refractivity contribution is 5.73. The van der Waals surface area contributed by atoms with E-state index >= 15 is 0 Å². The largest absolute Gasteiger partial charge is 0.469 e. The van der Waals surface area contributed by atoms with Gasteiger partial charge in [-0.2, -0.15) is 5.26 Å². The number of rotatable bonds is 3. The zero-order valence-electron chi connectivity index (χ0n) is 8.93. The second kappa shape index (κ2) is 5.56. The first-order chi connectivity index (χ1) is 7.67. The summed E-state index contributed by atoms with van der Waals surface area (Å²) in [5.41, 5.74) is 7.41. The first kappa shape index (κ1) is 11.8. The van der Waals surface area contributed by atoms with E-state index in [1.165, 1.54) is 7.11 Å². The van der Waals surface area contributed by atoms with Gasteiger partial charge in [-0.05, 0) is 23.8 Å². The smallest absolute Gasteiger partial charge is 0.309 e. The van der Waals surface area contributed by atoms with Gasteiger partial charge < -0.3 is 10.5 Å². The molecule has 1 rings (SSSR count). The Labute approximate surface area is 93.9 Å². The quantitative estimate of drug-likeness (QED) is 0.616. The van der Waals surface area contributed by atoms with Gasteiger partial charge in [0.1, 0.15) is 0 Å². The molecule has 0 aromatic heterocycles. The summed E-state index contributed by atoms with van der Waals surface area (Å²) < 4.78 is 4.49. The Balaban J connectivity index is 2.84. The number of nitrogens with zero attached hydrogens (tertiary/aromatic N) is 1. The van der Waals surface area contributed by atoms with Crippen LogP contribution in [0.25, 0.3) is 6.08 Å². The van der Waals surface area contributed by atoms with Crippen LogP contribution in [0.2, 0.25) is 0 Å². The molecule has 0 aliphatic heterocycles. The van der Waals surface area contributed by atoms with Crippen molar-refractivity contribution >= 4 is 17.7 Å². The molecule has 0 spiro atoms. The maximum absolute atomic E-state index is 10.9. The lowest BCUT2D eigenvalue weighted by atomic mass is 10.1. The van der Waals surface area contributed by atoms with Gasteiger partial charge in [0.15, 0.2) is 0 Å². The molecule has 0 radical (unpaired) electrons. The number of carbonyl (C=O) groups excluding carboxylic acids is 1. The van der Waals surface area contributed by atoms with Crippen LogP contribution in [-0.4, -0.2) is 13.1 Å². The number of carbonyl (C=O) groups is 1. The lowest BCUT2D eigenvalue weighted by molar-refractivity contribution is -0.139. The second-order valence-corrected chi connectivity index (χ2v) is 3.14. The number of methoxy groups -OCH3 is 1. The molecule has 16 heavy (non-hydrogen) atoms. The molecule has 0 fully saturated rings. The van der Waals surface area contributed by atoms with Crippen molar-refractivity contribution in [1.82, 2.24) is 0 Å². The zero-order valence-corrected chi connectivity index (χ0v) is 8.93. The van der Waals surface area contributed by atoms with Crippen molar-refractivity contribution in [3.63, 3.8) is 0 Å². The summed E-state index contributed by atoms with van der Waals surface area (Å²) in [6, 6.07) is 7.05. The minimum Gasteiger partial charge on any atom is -0.469 e. The zero-order chi connectivity index (χ0) is 12.0. The Kier molecular flexibility index (Phi) is 4.10. The third-order valence-electron chi connectivity index (χ3n) is 2.01. The molecule has 0 bridgehead atoms. The predicted octanol–water partition coefficient (Wildman–Crippen LogP) is 1.72. The van der Waals surface area contributed by atoms with Gasteiger partial charge in [-0.15, -0.1) is 0 Å². The highest BCUT2D eigenvalue weighted by Crippen LogP contribution is 2.14. The van der Waals surface area contributed by atoms with Crippen LogP contribution < -0.4 is 5.73 Å². The number of hydrogen-bond acceptors (Lipinski definition) is 4. The van der Waals surface area contributed by atoms with Crippen molar-refractivity contribution in [2.24, 2.45) is 0 Å². The minimum atomic E-state index is -0.321. The molecular formula is C12H12N2O2. The molecule has 0 amide bonds. The number of esters is 1. The maximum atomic E-state index is 10.9. The third kappa shape index (κ3) is 3.14. The molecule has 0 unspecified atom stereocenters. The first-order valence-corrected chi connectivity index (χ1v) is 4.70. The maximum Gasteiger partial charge on any atom is 0.309 e. The van der Waals surface area contributed by atoms with E-state index in [4.69, 9.17) is 11.0 Å². The highest BCUT2D eigenvalue weighted by atomic mass is 16.5. The van der Waals surface area contributed by atoms with Crippen LogP contribution in [0, 0.1) is 11.3 Å². The number of nitrogens with two attached hydrogens (primary N) is 1. The minimum absolute atomic E-state index is 0.177. The first-order valence-electron chi connectivity index (χ1n) is 4.70. The lowest BCUT2D eigenvalue weighted by Crippen LogP contribution is -1.96. The second-order valence-electron chi connectivity index (χ2n) is 3.14. The van der Waals surface area contributed by atoms with Crippen molar-refractivity contribution in [1.29, 1.82) is 5.26 Å². The number of benzene rings is 1. The highest BCUT2D eigenvalue weighted by Gasteiger charge is 1.99. The van der Waals surface area contributed by atoms with Gasteiger partial charge in [0.2, 0.25) is 0 Å². The van der Waals surface area contributed by atoms with Crippen LogP contribution in [0.3, 0.4) is 0 Å². The summed E-state index contributed by atoms with van der Waals surface area (Å²) in [6.45, 7) is 0. The van der Waals surface area contributed by atoms with E-state index in [-0.39, 0.29) is 12.4 Å². The van der Waals surface area contributed by atoms with Crippen molar-refractivity contribution in [3.05, 3.63) is 35.4 Å². The molecule has 2 N–H and O–H groups in total. The Morgan fingerprint density at radius 3 is 3.00 bits per heavy atom.